The molecule has 234 valence electrons. The lowest BCUT2D eigenvalue weighted by Crippen LogP contribution is -2.37. The van der Waals surface area contributed by atoms with Crippen molar-refractivity contribution < 1.29 is 44.9 Å². The minimum absolute atomic E-state index is 0.235. The molecule has 5 rings (SSSR count). The van der Waals surface area contributed by atoms with Gasteiger partial charge in [-0.15, -0.1) is 0 Å². The number of anilines is 1. The van der Waals surface area contributed by atoms with Crippen LogP contribution in [0, 0.1) is 5.82 Å². The monoisotopic (exact) mass is 635 g/mol. The van der Waals surface area contributed by atoms with Gasteiger partial charge >= 0.3 is 6.18 Å². The molecule has 14 heteroatoms. The molecular formula is C30H29F4N3O6S. The van der Waals surface area contributed by atoms with Crippen LogP contribution in [0.3, 0.4) is 0 Å². The highest BCUT2D eigenvalue weighted by atomic mass is 32.2. The maximum absolute atomic E-state index is 15.1. The first-order chi connectivity index (χ1) is 21.0. The summed E-state index contributed by atoms with van der Waals surface area (Å²) in [7, 11) is -3.20. The van der Waals surface area contributed by atoms with E-state index in [0.717, 1.165) is 69.6 Å². The van der Waals surface area contributed by atoms with Gasteiger partial charge in [0.15, 0.2) is 23.1 Å². The Morgan fingerprint density at radius 3 is 2.48 bits per heavy atom. The Hall–Kier alpha value is -4.14. The van der Waals surface area contributed by atoms with Crippen LogP contribution in [0.2, 0.25) is 0 Å². The van der Waals surface area contributed by atoms with E-state index in [4.69, 9.17) is 18.9 Å². The van der Waals surface area contributed by atoms with Gasteiger partial charge in [-0.2, -0.15) is 13.2 Å². The normalized spacial score (nSPS) is 14.4. The number of hydrogen-bond donors (Lipinski definition) is 1. The number of sulfonamides is 1. The summed E-state index contributed by atoms with van der Waals surface area (Å²) in [4.78, 5) is 5.69. The second-order valence-corrected chi connectivity index (χ2v) is 11.5. The van der Waals surface area contributed by atoms with Crippen LogP contribution in [0.1, 0.15) is 12.0 Å². The Bertz CT molecular complexity index is 1730. The number of halogens is 4. The SMILES string of the molecule is COc1cc2c(Oc3ccc(NS(=O)(=O)c4ccccc4C(F)(F)F)cc3F)ccnc2cc1OCCCN1CCOCC1. The van der Waals surface area contributed by atoms with Crippen molar-refractivity contribution in [2.24, 2.45) is 0 Å². The lowest BCUT2D eigenvalue weighted by Gasteiger charge is -2.26. The van der Waals surface area contributed by atoms with Crippen molar-refractivity contribution >= 4 is 26.6 Å². The van der Waals surface area contributed by atoms with E-state index in [-0.39, 0.29) is 17.2 Å². The van der Waals surface area contributed by atoms with Gasteiger partial charge in [0.2, 0.25) is 0 Å². The van der Waals surface area contributed by atoms with E-state index < -0.39 is 32.5 Å². The molecule has 0 aliphatic carbocycles. The average Bonchev–Trinajstić information content (AvgIpc) is 3.00. The summed E-state index contributed by atoms with van der Waals surface area (Å²) in [5.41, 5.74) is -1.13. The van der Waals surface area contributed by atoms with Crippen molar-refractivity contribution in [1.29, 1.82) is 0 Å². The number of pyridine rings is 1. The molecular weight excluding hydrogens is 606 g/mol. The van der Waals surface area contributed by atoms with Gasteiger partial charge in [-0.1, -0.05) is 12.1 Å². The maximum Gasteiger partial charge on any atom is 0.417 e. The molecule has 1 N–H and O–H groups in total. The molecule has 44 heavy (non-hydrogen) atoms. The molecule has 9 nitrogen and oxygen atoms in total. The van der Waals surface area contributed by atoms with Crippen molar-refractivity contribution in [2.45, 2.75) is 17.5 Å². The molecule has 1 aliphatic rings. The van der Waals surface area contributed by atoms with E-state index in [0.29, 0.717) is 35.1 Å². The fourth-order valence-corrected chi connectivity index (χ4v) is 5.97. The highest BCUT2D eigenvalue weighted by molar-refractivity contribution is 7.92. The van der Waals surface area contributed by atoms with E-state index in [1.54, 1.807) is 12.1 Å². The number of morpholine rings is 1. The summed E-state index contributed by atoms with van der Waals surface area (Å²) in [6, 6.07) is 11.8. The highest BCUT2D eigenvalue weighted by Gasteiger charge is 2.37. The molecule has 0 bridgehead atoms. The zero-order valence-corrected chi connectivity index (χ0v) is 24.4. The van der Waals surface area contributed by atoms with Crippen molar-refractivity contribution in [3.63, 3.8) is 0 Å². The van der Waals surface area contributed by atoms with E-state index in [1.165, 1.54) is 25.4 Å². The minimum atomic E-state index is -4.90. The molecule has 0 saturated carbocycles. The molecule has 0 radical (unpaired) electrons. The second-order valence-electron chi connectivity index (χ2n) is 9.83. The van der Waals surface area contributed by atoms with Crippen LogP contribution in [0.15, 0.2) is 71.8 Å². The number of fused-ring (bicyclic) bond motifs is 1. The fourth-order valence-electron chi connectivity index (χ4n) is 4.70. The summed E-state index contributed by atoms with van der Waals surface area (Å²) in [6.45, 7) is 4.56. The first-order valence-corrected chi connectivity index (χ1v) is 15.1. The molecule has 1 aliphatic heterocycles. The van der Waals surface area contributed by atoms with E-state index in [1.807, 2.05) is 4.72 Å². The number of ether oxygens (including phenoxy) is 4. The van der Waals surface area contributed by atoms with Crippen LogP contribution < -0.4 is 18.9 Å². The number of hydrogen-bond acceptors (Lipinski definition) is 8. The van der Waals surface area contributed by atoms with Gasteiger partial charge in [0.1, 0.15) is 5.75 Å². The third-order valence-electron chi connectivity index (χ3n) is 6.85. The van der Waals surface area contributed by atoms with Gasteiger partial charge in [-0.3, -0.25) is 14.6 Å². The Kier molecular flexibility index (Phi) is 9.42. The molecule has 3 aromatic carbocycles. The molecule has 0 unspecified atom stereocenters. The van der Waals surface area contributed by atoms with E-state index in [2.05, 4.69) is 9.88 Å². The maximum atomic E-state index is 15.1. The predicted octanol–water partition coefficient (Wildman–Crippen LogP) is 6.10. The van der Waals surface area contributed by atoms with E-state index >= 15 is 4.39 Å². The van der Waals surface area contributed by atoms with Crippen molar-refractivity contribution in [3.05, 3.63) is 78.2 Å². The number of benzene rings is 3. The van der Waals surface area contributed by atoms with Crippen LogP contribution in [0.25, 0.3) is 10.9 Å². The summed E-state index contributed by atoms with van der Waals surface area (Å²) in [6.07, 6.45) is -2.62. The van der Waals surface area contributed by atoms with Crippen LogP contribution in [-0.2, 0) is 20.9 Å². The van der Waals surface area contributed by atoms with E-state index in [9.17, 15) is 21.6 Å². The number of methoxy groups -OCH3 is 1. The average molecular weight is 636 g/mol. The topological polar surface area (TPSA) is 99.2 Å². The fraction of sp³-hybridized carbons (Fsp3) is 0.300. The van der Waals surface area contributed by atoms with Crippen LogP contribution in [-0.4, -0.2) is 64.9 Å². The van der Waals surface area contributed by atoms with Crippen molar-refractivity contribution in [1.82, 2.24) is 9.88 Å². The van der Waals surface area contributed by atoms with Crippen LogP contribution >= 0.6 is 0 Å². The van der Waals surface area contributed by atoms with Gasteiger partial charge in [0, 0.05) is 43.4 Å². The number of nitrogens with one attached hydrogen (secondary N) is 1. The first kappa shape index (κ1) is 31.3. The largest absolute Gasteiger partial charge is 0.493 e. The molecule has 1 saturated heterocycles. The van der Waals surface area contributed by atoms with Gasteiger partial charge < -0.3 is 18.9 Å². The van der Waals surface area contributed by atoms with Gasteiger partial charge in [0.05, 0.1) is 48.6 Å². The minimum Gasteiger partial charge on any atom is -0.493 e. The molecule has 1 aromatic heterocycles. The van der Waals surface area contributed by atoms with Gasteiger partial charge in [0.25, 0.3) is 10.0 Å². The molecule has 4 aromatic rings. The predicted molar refractivity (Wildman–Crippen MR) is 154 cm³/mol. The summed E-state index contributed by atoms with van der Waals surface area (Å²) >= 11 is 0. The summed E-state index contributed by atoms with van der Waals surface area (Å²) in [5, 5.41) is 0.498. The quantitative estimate of drug-likeness (QED) is 0.156. The second kappa shape index (κ2) is 13.2. The number of alkyl halides is 3. The standard InChI is InChI=1S/C30H29F4N3O6S/c1-40-27-18-21-24(19-28(27)42-14-4-11-37-12-15-41-16-13-37)35-10-9-25(21)43-26-8-7-20(17-23(26)31)36-44(38,39)29-6-3-2-5-22(29)30(32,33)34/h2-3,5-10,17-19,36H,4,11-16H2,1H3. The highest BCUT2D eigenvalue weighted by Crippen LogP contribution is 2.38. The summed E-state index contributed by atoms with van der Waals surface area (Å²) in [5.74, 6) is -0.0591. The zero-order valence-electron chi connectivity index (χ0n) is 23.6. The lowest BCUT2D eigenvalue weighted by atomic mass is 10.1. The smallest absolute Gasteiger partial charge is 0.417 e. The summed E-state index contributed by atoms with van der Waals surface area (Å²) < 4.78 is 105. The number of nitrogens with zero attached hydrogens (tertiary/aromatic N) is 2. The molecule has 1 fully saturated rings. The Morgan fingerprint density at radius 1 is 0.977 bits per heavy atom. The Balaban J connectivity index is 1.31. The first-order valence-electron chi connectivity index (χ1n) is 13.6. The third-order valence-corrected chi connectivity index (χ3v) is 8.29. The number of rotatable bonds is 11. The molecule has 0 atom stereocenters. The van der Waals surface area contributed by atoms with Gasteiger partial charge in [-0.25, -0.2) is 12.8 Å². The van der Waals surface area contributed by atoms with Crippen LogP contribution in [0.4, 0.5) is 23.2 Å². The number of aromatic nitrogens is 1. The Labute approximate surface area is 251 Å². The third kappa shape index (κ3) is 7.31. The van der Waals surface area contributed by atoms with Crippen molar-refractivity contribution in [3.8, 4) is 23.0 Å². The zero-order chi connectivity index (χ0) is 31.3. The van der Waals surface area contributed by atoms with Crippen molar-refractivity contribution in [2.75, 3.05) is 51.3 Å². The molecule has 2 heterocycles. The molecule has 0 spiro atoms. The lowest BCUT2D eigenvalue weighted by molar-refractivity contribution is -0.139. The molecule has 0 amide bonds. The van der Waals surface area contributed by atoms with Crippen LogP contribution in [0.5, 0.6) is 23.0 Å². The van der Waals surface area contributed by atoms with Gasteiger partial charge in [-0.05, 0) is 42.8 Å². The Morgan fingerprint density at radius 2 is 1.75 bits per heavy atom.